The summed E-state index contributed by atoms with van der Waals surface area (Å²) < 4.78 is 2.40. The van der Waals surface area contributed by atoms with E-state index in [9.17, 15) is 0 Å². The maximum absolute atomic E-state index is 2.64. The van der Waals surface area contributed by atoms with E-state index >= 15 is 0 Å². The molecule has 0 N–H and O–H groups in total. The summed E-state index contributed by atoms with van der Waals surface area (Å²) >= 11 is 0. The summed E-state index contributed by atoms with van der Waals surface area (Å²) in [7, 11) is 0. The lowest BCUT2D eigenvalue weighted by atomic mass is 9.86. The maximum Gasteiger partial charge on any atom is 0.0556 e. The lowest BCUT2D eigenvalue weighted by Crippen LogP contribution is -2.34. The van der Waals surface area contributed by atoms with Crippen molar-refractivity contribution >= 4 is 27.4 Å². The van der Waals surface area contributed by atoms with Crippen molar-refractivity contribution in [1.82, 2.24) is 9.47 Å². The van der Waals surface area contributed by atoms with Crippen LogP contribution in [0.1, 0.15) is 50.5 Å². The summed E-state index contributed by atoms with van der Waals surface area (Å²) in [5.41, 5.74) is 12.1. The second kappa shape index (κ2) is 13.5. The molecule has 3 aromatic carbocycles. The second-order valence-electron chi connectivity index (χ2n) is 14.2. The number of fused-ring (bicyclic) bond motifs is 3. The van der Waals surface area contributed by atoms with E-state index in [1.54, 1.807) is 0 Å². The van der Waals surface area contributed by atoms with Crippen LogP contribution >= 0.6 is 0 Å². The Labute approximate surface area is 296 Å². The number of aromatic nitrogens is 1. The minimum atomic E-state index is 0.310. The molecule has 1 aromatic heterocycles. The van der Waals surface area contributed by atoms with Crippen LogP contribution in [0.25, 0.3) is 33.1 Å². The Morgan fingerprint density at radius 1 is 0.600 bits per heavy atom. The molecule has 0 aliphatic heterocycles. The highest BCUT2D eigenvalue weighted by molar-refractivity contribution is 6.10. The van der Waals surface area contributed by atoms with E-state index in [0.717, 1.165) is 38.5 Å². The summed E-state index contributed by atoms with van der Waals surface area (Å²) in [4.78, 5) is 2.64. The van der Waals surface area contributed by atoms with E-state index in [4.69, 9.17) is 0 Å². The van der Waals surface area contributed by atoms with Gasteiger partial charge in [-0.15, -0.1) is 0 Å². The first-order valence-corrected chi connectivity index (χ1v) is 18.5. The van der Waals surface area contributed by atoms with Crippen LogP contribution in [0.15, 0.2) is 186 Å². The minimum Gasteiger partial charge on any atom is -0.338 e. The number of rotatable bonds is 7. The number of hydrogen-bond donors (Lipinski definition) is 0. The summed E-state index contributed by atoms with van der Waals surface area (Å²) in [6.07, 6.45) is 43.2. The van der Waals surface area contributed by atoms with E-state index in [1.165, 1.54) is 67.6 Å². The fourth-order valence-electron chi connectivity index (χ4n) is 8.53. The van der Waals surface area contributed by atoms with Crippen molar-refractivity contribution < 1.29 is 0 Å². The van der Waals surface area contributed by atoms with Crippen molar-refractivity contribution in [2.45, 2.75) is 51.0 Å². The number of para-hydroxylation sites is 2. The molecule has 9 rings (SSSR count). The third-order valence-electron chi connectivity index (χ3n) is 11.2. The van der Waals surface area contributed by atoms with Gasteiger partial charge in [-0.05, 0) is 110 Å². The molecule has 3 unspecified atom stereocenters. The molecule has 0 bridgehead atoms. The number of benzene rings is 3. The molecule has 1 heterocycles. The zero-order valence-electron chi connectivity index (χ0n) is 28.7. The highest BCUT2D eigenvalue weighted by atomic mass is 15.2. The van der Waals surface area contributed by atoms with Gasteiger partial charge in [0.25, 0.3) is 0 Å². The highest BCUT2D eigenvalue weighted by Gasteiger charge is 2.27. The van der Waals surface area contributed by atoms with Gasteiger partial charge in [-0.1, -0.05) is 121 Å². The van der Waals surface area contributed by atoms with Crippen molar-refractivity contribution in [1.29, 1.82) is 0 Å². The molecule has 0 saturated heterocycles. The first kappa shape index (κ1) is 30.7. The Kier molecular flexibility index (Phi) is 8.30. The van der Waals surface area contributed by atoms with E-state index in [1.807, 2.05) is 0 Å². The summed E-state index contributed by atoms with van der Waals surface area (Å²) in [5.74, 6) is 0.974. The predicted molar refractivity (Wildman–Crippen MR) is 212 cm³/mol. The third-order valence-corrected chi connectivity index (χ3v) is 11.2. The first-order chi connectivity index (χ1) is 24.8. The van der Waals surface area contributed by atoms with Gasteiger partial charge in [0.2, 0.25) is 0 Å². The standard InChI is InChI=1S/C48H44N2/c1-4-12-35(13-5-1)37-20-27-42(28-21-37)49(43-29-22-38(23-30-43)36-14-6-2-7-15-36)44-31-24-39(25-32-44)40-26-33-48-46(34-40)45-18-10-11-19-47(45)50(48)41-16-8-3-9-17-41/h1,3-6,8-12,14-22,24,26-27,29-31,33-35,38,42H,2,7,13,23,25,28,32H2. The molecule has 0 radical (unpaired) electrons. The van der Waals surface area contributed by atoms with Crippen molar-refractivity contribution in [2.75, 3.05) is 0 Å². The first-order valence-electron chi connectivity index (χ1n) is 18.5. The van der Waals surface area contributed by atoms with Crippen LogP contribution in [0.2, 0.25) is 0 Å². The Morgan fingerprint density at radius 3 is 2.22 bits per heavy atom. The smallest absolute Gasteiger partial charge is 0.0556 e. The lowest BCUT2D eigenvalue weighted by molar-refractivity contribution is 0.354. The summed E-state index contributed by atoms with van der Waals surface area (Å²) in [6, 6.07) is 26.9. The largest absolute Gasteiger partial charge is 0.338 e. The zero-order valence-corrected chi connectivity index (χ0v) is 28.7. The van der Waals surface area contributed by atoms with Gasteiger partial charge in [-0.3, -0.25) is 0 Å². The number of nitrogens with zero attached hydrogens (tertiary/aromatic N) is 2. The van der Waals surface area contributed by atoms with E-state index < -0.39 is 0 Å². The van der Waals surface area contributed by atoms with E-state index in [-0.39, 0.29) is 0 Å². The van der Waals surface area contributed by atoms with E-state index in [2.05, 4.69) is 173 Å². The fourth-order valence-corrected chi connectivity index (χ4v) is 8.53. The molecule has 3 atom stereocenters. The molecule has 50 heavy (non-hydrogen) atoms. The average Bonchev–Trinajstić information content (AvgIpc) is 3.53. The fraction of sp³-hybridized carbons (Fsp3) is 0.208. The molecule has 5 aliphatic rings. The van der Waals surface area contributed by atoms with Gasteiger partial charge in [-0.25, -0.2) is 0 Å². The molecule has 0 amide bonds. The molecule has 4 aromatic rings. The Balaban J connectivity index is 1.03. The van der Waals surface area contributed by atoms with Gasteiger partial charge in [0.15, 0.2) is 0 Å². The van der Waals surface area contributed by atoms with Crippen molar-refractivity contribution in [3.8, 4) is 5.69 Å². The van der Waals surface area contributed by atoms with Crippen molar-refractivity contribution in [3.63, 3.8) is 0 Å². The molecular formula is C48H44N2. The Hall–Kier alpha value is -5.34. The molecule has 0 saturated carbocycles. The van der Waals surface area contributed by atoms with Gasteiger partial charge in [0.1, 0.15) is 0 Å². The summed E-state index contributed by atoms with van der Waals surface area (Å²) in [6.45, 7) is 0. The topological polar surface area (TPSA) is 8.17 Å². The molecule has 2 nitrogen and oxygen atoms in total. The van der Waals surface area contributed by atoms with Crippen LogP contribution < -0.4 is 0 Å². The molecule has 0 fully saturated rings. The normalized spacial score (nSPS) is 23.0. The van der Waals surface area contributed by atoms with E-state index in [0.29, 0.717) is 17.9 Å². The molecule has 246 valence electrons. The zero-order chi connectivity index (χ0) is 33.3. The quantitative estimate of drug-likeness (QED) is 0.194. The van der Waals surface area contributed by atoms with Gasteiger partial charge in [0, 0.05) is 39.7 Å². The van der Waals surface area contributed by atoms with Crippen LogP contribution in [0.5, 0.6) is 0 Å². The Morgan fingerprint density at radius 2 is 1.46 bits per heavy atom. The Bertz CT molecular complexity index is 2250. The second-order valence-corrected chi connectivity index (χ2v) is 14.2. The minimum absolute atomic E-state index is 0.310. The average molecular weight is 649 g/mol. The van der Waals surface area contributed by atoms with Crippen LogP contribution in [0, 0.1) is 11.8 Å². The maximum atomic E-state index is 2.64. The van der Waals surface area contributed by atoms with Gasteiger partial charge in [0.05, 0.1) is 17.1 Å². The van der Waals surface area contributed by atoms with Gasteiger partial charge >= 0.3 is 0 Å². The SMILES string of the molecule is C1=CCC(C2=CCC(N(C3=CCC(C4=CCCC=C4)C=C3)C3=CC=C(c4ccc5c(c4)c4ccccc4n5-c4ccccc4)CC3)C=C2)C=C1. The van der Waals surface area contributed by atoms with Crippen molar-refractivity contribution in [2.24, 2.45) is 11.8 Å². The number of allylic oxidation sites excluding steroid dienone is 17. The van der Waals surface area contributed by atoms with Crippen molar-refractivity contribution in [3.05, 3.63) is 192 Å². The molecular weight excluding hydrogens is 605 g/mol. The van der Waals surface area contributed by atoms with Crippen LogP contribution in [-0.2, 0) is 0 Å². The van der Waals surface area contributed by atoms with Crippen LogP contribution in [0.3, 0.4) is 0 Å². The van der Waals surface area contributed by atoms with Gasteiger partial charge in [-0.2, -0.15) is 0 Å². The summed E-state index contributed by atoms with van der Waals surface area (Å²) in [5, 5.41) is 2.62. The highest BCUT2D eigenvalue weighted by Crippen LogP contribution is 2.39. The lowest BCUT2D eigenvalue weighted by Gasteiger charge is -2.38. The monoisotopic (exact) mass is 648 g/mol. The number of hydrogen-bond acceptors (Lipinski definition) is 1. The molecule has 5 aliphatic carbocycles. The van der Waals surface area contributed by atoms with Crippen LogP contribution in [-0.4, -0.2) is 15.5 Å². The molecule has 2 heteroatoms. The molecule has 0 spiro atoms. The third kappa shape index (κ3) is 5.83. The van der Waals surface area contributed by atoms with Gasteiger partial charge < -0.3 is 9.47 Å². The van der Waals surface area contributed by atoms with Crippen LogP contribution in [0.4, 0.5) is 0 Å². The predicted octanol–water partition coefficient (Wildman–Crippen LogP) is 12.3.